The molecule has 2 rings (SSSR count). The standard InChI is InChI=1S/C16H20BrNO2/c1-16(2,3)18-10-14-8-9-15(20-14)11-19-13-6-4-12(17)5-7-13/h4-9,18H,10-11H2,1-3H3. The third-order valence-electron chi connectivity index (χ3n) is 2.70. The fourth-order valence-corrected chi connectivity index (χ4v) is 1.90. The van der Waals surface area contributed by atoms with Crippen molar-refractivity contribution in [2.24, 2.45) is 0 Å². The Hall–Kier alpha value is -1.26. The molecule has 3 nitrogen and oxygen atoms in total. The Morgan fingerprint density at radius 1 is 1.05 bits per heavy atom. The number of hydrogen-bond acceptors (Lipinski definition) is 3. The van der Waals surface area contributed by atoms with Gasteiger partial charge in [0.05, 0.1) is 6.54 Å². The molecule has 0 atom stereocenters. The maximum absolute atomic E-state index is 5.73. The van der Waals surface area contributed by atoms with Crippen molar-refractivity contribution in [3.05, 3.63) is 52.4 Å². The molecule has 0 amide bonds. The van der Waals surface area contributed by atoms with Gasteiger partial charge in [0.2, 0.25) is 0 Å². The maximum Gasteiger partial charge on any atom is 0.146 e. The topological polar surface area (TPSA) is 34.4 Å². The molecule has 0 aliphatic carbocycles. The highest BCUT2D eigenvalue weighted by Crippen LogP contribution is 2.18. The fourth-order valence-electron chi connectivity index (χ4n) is 1.63. The van der Waals surface area contributed by atoms with E-state index in [1.54, 1.807) is 0 Å². The highest BCUT2D eigenvalue weighted by Gasteiger charge is 2.10. The van der Waals surface area contributed by atoms with Gasteiger partial charge in [0.25, 0.3) is 0 Å². The van der Waals surface area contributed by atoms with E-state index in [1.807, 2.05) is 36.4 Å². The number of rotatable bonds is 5. The molecule has 0 radical (unpaired) electrons. The number of nitrogens with one attached hydrogen (secondary N) is 1. The monoisotopic (exact) mass is 337 g/mol. The van der Waals surface area contributed by atoms with Gasteiger partial charge < -0.3 is 14.5 Å². The van der Waals surface area contributed by atoms with Crippen LogP contribution < -0.4 is 10.1 Å². The van der Waals surface area contributed by atoms with Crippen LogP contribution in [-0.2, 0) is 13.2 Å². The average Bonchev–Trinajstić information content (AvgIpc) is 2.83. The summed E-state index contributed by atoms with van der Waals surface area (Å²) >= 11 is 3.40. The van der Waals surface area contributed by atoms with Crippen molar-refractivity contribution in [1.29, 1.82) is 0 Å². The van der Waals surface area contributed by atoms with Crippen LogP contribution >= 0.6 is 15.9 Å². The molecule has 0 bridgehead atoms. The fraction of sp³-hybridized carbons (Fsp3) is 0.375. The minimum Gasteiger partial charge on any atom is -0.486 e. The summed E-state index contributed by atoms with van der Waals surface area (Å²) in [5.41, 5.74) is 0.0842. The van der Waals surface area contributed by atoms with Crippen molar-refractivity contribution < 1.29 is 9.15 Å². The molecule has 0 saturated heterocycles. The lowest BCUT2D eigenvalue weighted by Crippen LogP contribution is -2.34. The number of furan rings is 1. The zero-order chi connectivity index (χ0) is 14.6. The smallest absolute Gasteiger partial charge is 0.146 e. The van der Waals surface area contributed by atoms with E-state index >= 15 is 0 Å². The van der Waals surface area contributed by atoms with Crippen molar-refractivity contribution in [2.45, 2.75) is 39.5 Å². The lowest BCUT2D eigenvalue weighted by Gasteiger charge is -2.19. The van der Waals surface area contributed by atoms with E-state index in [0.29, 0.717) is 6.61 Å². The number of hydrogen-bond donors (Lipinski definition) is 1. The predicted octanol–water partition coefficient (Wildman–Crippen LogP) is 4.51. The van der Waals surface area contributed by atoms with E-state index < -0.39 is 0 Å². The molecule has 108 valence electrons. The van der Waals surface area contributed by atoms with Crippen LogP contribution in [-0.4, -0.2) is 5.54 Å². The first kappa shape index (κ1) is 15.1. The molecule has 0 aliphatic heterocycles. The van der Waals surface area contributed by atoms with Gasteiger partial charge >= 0.3 is 0 Å². The molecular formula is C16H20BrNO2. The molecule has 20 heavy (non-hydrogen) atoms. The first-order chi connectivity index (χ1) is 9.42. The third-order valence-corrected chi connectivity index (χ3v) is 3.23. The van der Waals surface area contributed by atoms with Gasteiger partial charge in [0.15, 0.2) is 0 Å². The second-order valence-electron chi connectivity index (χ2n) is 5.71. The molecule has 0 spiro atoms. The van der Waals surface area contributed by atoms with Crippen LogP contribution in [0.1, 0.15) is 32.3 Å². The minimum atomic E-state index is 0.0842. The quantitative estimate of drug-likeness (QED) is 0.871. The zero-order valence-electron chi connectivity index (χ0n) is 12.1. The van der Waals surface area contributed by atoms with Crippen LogP contribution in [0.15, 0.2) is 45.3 Å². The summed E-state index contributed by atoms with van der Waals surface area (Å²) in [5, 5.41) is 3.39. The van der Waals surface area contributed by atoms with Crippen LogP contribution in [0.3, 0.4) is 0 Å². The van der Waals surface area contributed by atoms with E-state index in [2.05, 4.69) is 42.0 Å². The van der Waals surface area contributed by atoms with Crippen molar-refractivity contribution in [3.8, 4) is 5.75 Å². The number of ether oxygens (including phenoxy) is 1. The second kappa shape index (κ2) is 6.46. The Kier molecular flexibility index (Phi) is 4.89. The Labute approximate surface area is 128 Å². The first-order valence-corrected chi connectivity index (χ1v) is 7.43. The summed E-state index contributed by atoms with van der Waals surface area (Å²) in [6.07, 6.45) is 0. The summed E-state index contributed by atoms with van der Waals surface area (Å²) in [6, 6.07) is 11.7. The average molecular weight is 338 g/mol. The van der Waals surface area contributed by atoms with Gasteiger partial charge in [-0.25, -0.2) is 0 Å². The van der Waals surface area contributed by atoms with E-state index in [9.17, 15) is 0 Å². The number of halogens is 1. The molecule has 1 N–H and O–H groups in total. The molecule has 2 aromatic rings. The summed E-state index contributed by atoms with van der Waals surface area (Å²) in [4.78, 5) is 0. The first-order valence-electron chi connectivity index (χ1n) is 6.63. The summed E-state index contributed by atoms with van der Waals surface area (Å²) < 4.78 is 12.4. The Morgan fingerprint density at radius 2 is 1.70 bits per heavy atom. The molecule has 4 heteroatoms. The SMILES string of the molecule is CC(C)(C)NCc1ccc(COc2ccc(Br)cc2)o1. The van der Waals surface area contributed by atoms with Gasteiger partial charge in [-0.05, 0) is 57.2 Å². The van der Waals surface area contributed by atoms with Crippen LogP contribution in [0.2, 0.25) is 0 Å². The molecule has 0 saturated carbocycles. The minimum absolute atomic E-state index is 0.0842. The lowest BCUT2D eigenvalue weighted by atomic mass is 10.1. The van der Waals surface area contributed by atoms with Gasteiger partial charge in [-0.1, -0.05) is 15.9 Å². The van der Waals surface area contributed by atoms with Gasteiger partial charge in [-0.3, -0.25) is 0 Å². The normalized spacial score (nSPS) is 11.6. The third kappa shape index (κ3) is 5.02. The highest BCUT2D eigenvalue weighted by molar-refractivity contribution is 9.10. The molecule has 1 heterocycles. The van der Waals surface area contributed by atoms with Gasteiger partial charge in [0.1, 0.15) is 23.9 Å². The summed E-state index contributed by atoms with van der Waals surface area (Å²) in [6.45, 7) is 7.56. The molecule has 1 aromatic carbocycles. The summed E-state index contributed by atoms with van der Waals surface area (Å²) in [7, 11) is 0. The summed E-state index contributed by atoms with van der Waals surface area (Å²) in [5.74, 6) is 2.59. The van der Waals surface area contributed by atoms with E-state index in [4.69, 9.17) is 9.15 Å². The molecule has 0 unspecified atom stereocenters. The maximum atomic E-state index is 5.73. The van der Waals surface area contributed by atoms with E-state index in [1.165, 1.54) is 0 Å². The Bertz CT molecular complexity index is 540. The zero-order valence-corrected chi connectivity index (χ0v) is 13.7. The van der Waals surface area contributed by atoms with Gasteiger partial charge in [-0.2, -0.15) is 0 Å². The second-order valence-corrected chi connectivity index (χ2v) is 6.63. The van der Waals surface area contributed by atoms with Crippen molar-refractivity contribution in [3.63, 3.8) is 0 Å². The number of benzene rings is 1. The molecule has 1 aromatic heterocycles. The van der Waals surface area contributed by atoms with Gasteiger partial charge in [0, 0.05) is 10.0 Å². The lowest BCUT2D eigenvalue weighted by molar-refractivity contribution is 0.263. The largest absolute Gasteiger partial charge is 0.486 e. The molecule has 0 fully saturated rings. The van der Waals surface area contributed by atoms with Crippen LogP contribution in [0.25, 0.3) is 0 Å². The van der Waals surface area contributed by atoms with Crippen LogP contribution in [0, 0.1) is 0 Å². The van der Waals surface area contributed by atoms with Gasteiger partial charge in [-0.15, -0.1) is 0 Å². The predicted molar refractivity (Wildman–Crippen MR) is 83.8 cm³/mol. The molecular weight excluding hydrogens is 318 g/mol. The van der Waals surface area contributed by atoms with Crippen molar-refractivity contribution in [1.82, 2.24) is 5.32 Å². The molecule has 0 aliphatic rings. The Morgan fingerprint density at radius 3 is 2.35 bits per heavy atom. The highest BCUT2D eigenvalue weighted by atomic mass is 79.9. The van der Waals surface area contributed by atoms with Crippen molar-refractivity contribution >= 4 is 15.9 Å². The Balaban J connectivity index is 1.85. The van der Waals surface area contributed by atoms with E-state index in [0.717, 1.165) is 28.3 Å². The van der Waals surface area contributed by atoms with Crippen molar-refractivity contribution in [2.75, 3.05) is 0 Å². The van der Waals surface area contributed by atoms with E-state index in [-0.39, 0.29) is 5.54 Å². The van der Waals surface area contributed by atoms with Crippen LogP contribution in [0.5, 0.6) is 5.75 Å². The van der Waals surface area contributed by atoms with Crippen LogP contribution in [0.4, 0.5) is 0 Å².